The lowest BCUT2D eigenvalue weighted by atomic mass is 10.2. The van der Waals surface area contributed by atoms with Crippen LogP contribution in [-0.4, -0.2) is 35.7 Å². The van der Waals surface area contributed by atoms with Gasteiger partial charge in [0.05, 0.1) is 18.2 Å². The average Bonchev–Trinajstić information content (AvgIpc) is 3.15. The molecule has 0 fully saturated rings. The largest absolute Gasteiger partial charge is 0.383 e. The molecule has 0 saturated carbocycles. The van der Waals surface area contributed by atoms with Crippen LogP contribution in [0.1, 0.15) is 15.2 Å². The second-order valence-electron chi connectivity index (χ2n) is 7.26. The Morgan fingerprint density at radius 2 is 1.85 bits per heavy atom. The van der Waals surface area contributed by atoms with Crippen molar-refractivity contribution in [1.29, 1.82) is 0 Å². The first-order valence-corrected chi connectivity index (χ1v) is 11.3. The molecule has 0 bridgehead atoms. The highest BCUT2D eigenvalue weighted by atomic mass is 35.5. The van der Waals surface area contributed by atoms with E-state index in [1.54, 1.807) is 0 Å². The number of nitrogen functional groups attached to an aromatic ring is 1. The van der Waals surface area contributed by atoms with Crippen molar-refractivity contribution in [2.24, 2.45) is 0 Å². The number of fused-ring (bicyclic) bond motifs is 1. The molecule has 4 rings (SSSR count). The molecule has 3 N–H and O–H groups in total. The maximum Gasteiger partial charge on any atom is 0.330 e. The summed E-state index contributed by atoms with van der Waals surface area (Å²) in [5.74, 6) is -0.616. The first-order valence-electron chi connectivity index (χ1n) is 10.1. The summed E-state index contributed by atoms with van der Waals surface area (Å²) in [6, 6.07) is 16.6. The predicted molar refractivity (Wildman–Crippen MR) is 132 cm³/mol. The Kier molecular flexibility index (Phi) is 6.64. The van der Waals surface area contributed by atoms with Gasteiger partial charge in [-0.3, -0.25) is 24.0 Å². The number of nitrogens with one attached hydrogen (secondary N) is 1. The van der Waals surface area contributed by atoms with Crippen LogP contribution in [0.3, 0.4) is 0 Å². The standard InChI is InChI=1S/C23H21ClN4O4S/c1-32-12-11-27(22(30)19-17(24)15-9-5-6-10-16(15)33-19)18-20(25)28(23(31)26-21(18)29)13-14-7-3-2-4-8-14/h2-10H,11-13,25H2,1H3,(H,26,29,31). The maximum absolute atomic E-state index is 13.6. The first-order chi connectivity index (χ1) is 15.9. The number of ether oxygens (including phenoxy) is 1. The number of aromatic nitrogens is 2. The Hall–Kier alpha value is -3.40. The highest BCUT2D eigenvalue weighted by Crippen LogP contribution is 2.36. The number of nitrogens with zero attached hydrogens (tertiary/aromatic N) is 2. The number of hydrogen-bond donors (Lipinski definition) is 2. The summed E-state index contributed by atoms with van der Waals surface area (Å²) in [5, 5.41) is 1.05. The smallest absolute Gasteiger partial charge is 0.330 e. The van der Waals surface area contributed by atoms with Gasteiger partial charge in [-0.05, 0) is 11.6 Å². The lowest BCUT2D eigenvalue weighted by molar-refractivity contribution is 0.0979. The number of rotatable bonds is 7. The number of H-pyrrole nitrogens is 1. The zero-order valence-corrected chi connectivity index (χ0v) is 19.3. The van der Waals surface area contributed by atoms with Crippen molar-refractivity contribution in [2.45, 2.75) is 6.54 Å². The summed E-state index contributed by atoms with van der Waals surface area (Å²) in [4.78, 5) is 42.8. The molecule has 0 radical (unpaired) electrons. The molecule has 0 atom stereocenters. The number of amides is 1. The molecule has 2 aromatic heterocycles. The number of carbonyl (C=O) groups excluding carboxylic acids is 1. The molecule has 2 heterocycles. The Morgan fingerprint density at radius 1 is 1.15 bits per heavy atom. The topological polar surface area (TPSA) is 110 Å². The molecule has 1 amide bonds. The molecule has 0 unspecified atom stereocenters. The van der Waals surface area contributed by atoms with E-state index in [4.69, 9.17) is 22.1 Å². The van der Waals surface area contributed by atoms with E-state index in [-0.39, 0.29) is 36.1 Å². The molecule has 10 heteroatoms. The summed E-state index contributed by atoms with van der Waals surface area (Å²) in [7, 11) is 1.49. The summed E-state index contributed by atoms with van der Waals surface area (Å²) in [5.41, 5.74) is 5.58. The quantitative estimate of drug-likeness (QED) is 0.418. The molecule has 33 heavy (non-hydrogen) atoms. The minimum Gasteiger partial charge on any atom is -0.383 e. The van der Waals surface area contributed by atoms with Gasteiger partial charge in [0, 0.05) is 23.7 Å². The molecule has 0 aliphatic carbocycles. The SMILES string of the molecule is COCCN(C(=O)c1sc2ccccc2c1Cl)c1c(N)n(Cc2ccccc2)c(=O)[nH]c1=O. The normalized spacial score (nSPS) is 11.1. The van der Waals surface area contributed by atoms with Crippen molar-refractivity contribution < 1.29 is 9.53 Å². The third-order valence-corrected chi connectivity index (χ3v) is 6.82. The van der Waals surface area contributed by atoms with E-state index in [2.05, 4.69) is 4.98 Å². The van der Waals surface area contributed by atoms with Crippen LogP contribution in [0.15, 0.2) is 64.2 Å². The van der Waals surface area contributed by atoms with E-state index in [9.17, 15) is 14.4 Å². The summed E-state index contributed by atoms with van der Waals surface area (Å²) < 4.78 is 7.22. The molecule has 2 aromatic carbocycles. The van der Waals surface area contributed by atoms with Gasteiger partial charge in [-0.1, -0.05) is 60.1 Å². The number of nitrogens with two attached hydrogens (primary N) is 1. The van der Waals surface area contributed by atoms with E-state index in [1.807, 2.05) is 54.6 Å². The van der Waals surface area contributed by atoms with Crippen molar-refractivity contribution in [3.05, 3.63) is 90.9 Å². The van der Waals surface area contributed by atoms with E-state index in [0.717, 1.165) is 15.6 Å². The van der Waals surface area contributed by atoms with E-state index < -0.39 is 17.2 Å². The first kappa shape index (κ1) is 22.8. The number of benzene rings is 2. The Labute approximate surface area is 197 Å². The van der Waals surface area contributed by atoms with Gasteiger partial charge in [-0.2, -0.15) is 0 Å². The lowest BCUT2D eigenvalue weighted by Crippen LogP contribution is -2.42. The minimum atomic E-state index is -0.761. The molecule has 4 aromatic rings. The fraction of sp³-hybridized carbons (Fsp3) is 0.174. The summed E-state index contributed by atoms with van der Waals surface area (Å²) >= 11 is 7.74. The van der Waals surface area contributed by atoms with Crippen LogP contribution >= 0.6 is 22.9 Å². The van der Waals surface area contributed by atoms with Crippen LogP contribution in [-0.2, 0) is 11.3 Å². The molecular formula is C23H21ClN4O4S. The molecular weight excluding hydrogens is 464 g/mol. The second-order valence-corrected chi connectivity index (χ2v) is 8.69. The van der Waals surface area contributed by atoms with Crippen molar-refractivity contribution in [3.8, 4) is 0 Å². The fourth-order valence-corrected chi connectivity index (χ4v) is 4.99. The number of hydrogen-bond acceptors (Lipinski definition) is 6. The van der Waals surface area contributed by atoms with Gasteiger partial charge < -0.3 is 10.5 Å². The van der Waals surface area contributed by atoms with Gasteiger partial charge in [0.25, 0.3) is 11.5 Å². The molecule has 0 aliphatic heterocycles. The zero-order chi connectivity index (χ0) is 23.5. The van der Waals surface area contributed by atoms with Crippen LogP contribution in [0.5, 0.6) is 0 Å². The van der Waals surface area contributed by atoms with Crippen molar-refractivity contribution in [2.75, 3.05) is 30.9 Å². The number of carbonyl (C=O) groups is 1. The summed E-state index contributed by atoms with van der Waals surface area (Å²) in [6.07, 6.45) is 0. The minimum absolute atomic E-state index is 0.0384. The third-order valence-electron chi connectivity index (χ3n) is 5.16. The van der Waals surface area contributed by atoms with Crippen molar-refractivity contribution in [1.82, 2.24) is 9.55 Å². The Balaban J connectivity index is 1.83. The Morgan fingerprint density at radius 3 is 2.55 bits per heavy atom. The van der Waals surface area contributed by atoms with Crippen LogP contribution in [0.2, 0.25) is 5.02 Å². The lowest BCUT2D eigenvalue weighted by Gasteiger charge is -2.24. The van der Waals surface area contributed by atoms with Crippen molar-refractivity contribution >= 4 is 50.4 Å². The number of thiophene rings is 1. The van der Waals surface area contributed by atoms with Gasteiger partial charge in [0.2, 0.25) is 0 Å². The Bertz CT molecular complexity index is 1430. The van der Waals surface area contributed by atoms with Crippen molar-refractivity contribution in [3.63, 3.8) is 0 Å². The second kappa shape index (κ2) is 9.62. The van der Waals surface area contributed by atoms with Gasteiger partial charge in [-0.15, -0.1) is 11.3 Å². The average molecular weight is 485 g/mol. The van der Waals surface area contributed by atoms with Gasteiger partial charge >= 0.3 is 5.69 Å². The van der Waals surface area contributed by atoms with E-state index in [1.165, 1.54) is 27.9 Å². The van der Waals surface area contributed by atoms with Gasteiger partial charge in [0.15, 0.2) is 5.69 Å². The predicted octanol–water partition coefficient (Wildman–Crippen LogP) is 3.33. The van der Waals surface area contributed by atoms with Crippen LogP contribution in [0.25, 0.3) is 10.1 Å². The molecule has 170 valence electrons. The number of methoxy groups -OCH3 is 1. The molecule has 0 aliphatic rings. The zero-order valence-electron chi connectivity index (χ0n) is 17.7. The highest BCUT2D eigenvalue weighted by molar-refractivity contribution is 7.21. The summed E-state index contributed by atoms with van der Waals surface area (Å²) in [6.45, 7) is 0.312. The number of halogens is 1. The van der Waals surface area contributed by atoms with Crippen LogP contribution in [0, 0.1) is 0 Å². The van der Waals surface area contributed by atoms with Crippen LogP contribution in [0.4, 0.5) is 11.5 Å². The molecule has 8 nitrogen and oxygen atoms in total. The number of aromatic amines is 1. The maximum atomic E-state index is 13.6. The fourth-order valence-electron chi connectivity index (χ4n) is 3.53. The molecule has 0 saturated heterocycles. The van der Waals surface area contributed by atoms with E-state index >= 15 is 0 Å². The monoisotopic (exact) mass is 484 g/mol. The van der Waals surface area contributed by atoms with Crippen LogP contribution < -0.4 is 21.9 Å². The van der Waals surface area contributed by atoms with Gasteiger partial charge in [0.1, 0.15) is 10.7 Å². The third kappa shape index (κ3) is 4.43. The highest BCUT2D eigenvalue weighted by Gasteiger charge is 2.28. The van der Waals surface area contributed by atoms with E-state index in [0.29, 0.717) is 5.02 Å². The molecule has 0 spiro atoms. The van der Waals surface area contributed by atoms with Gasteiger partial charge in [-0.25, -0.2) is 4.79 Å². The number of anilines is 2.